The molecule has 3 aromatic rings. The molecule has 1 fully saturated rings. The second kappa shape index (κ2) is 7.70. The third kappa shape index (κ3) is 4.03. The largest absolute Gasteiger partial charge is 0.346 e. The summed E-state index contributed by atoms with van der Waals surface area (Å²) in [5.74, 6) is -0.226. The maximum absolute atomic E-state index is 13.1. The molecule has 7 heteroatoms. The molecule has 0 unspecified atom stereocenters. The van der Waals surface area contributed by atoms with Gasteiger partial charge in [-0.15, -0.1) is 11.3 Å². The molecule has 0 aliphatic carbocycles. The number of benzene rings is 1. The van der Waals surface area contributed by atoms with Gasteiger partial charge in [0.25, 0.3) is 0 Å². The number of anilines is 1. The molecule has 134 valence electrons. The first-order chi connectivity index (χ1) is 12.7. The molecule has 0 bridgehead atoms. The maximum Gasteiger partial charge on any atom is 0.185 e. The Morgan fingerprint density at radius 2 is 1.81 bits per heavy atom. The monoisotopic (exact) mass is 388 g/mol. The van der Waals surface area contributed by atoms with Gasteiger partial charge < -0.3 is 4.90 Å². The summed E-state index contributed by atoms with van der Waals surface area (Å²) in [6.45, 7) is 4.73. The van der Waals surface area contributed by atoms with Crippen LogP contribution in [0.1, 0.15) is 5.56 Å². The Morgan fingerprint density at radius 3 is 2.50 bits per heavy atom. The summed E-state index contributed by atoms with van der Waals surface area (Å²) in [5, 5.41) is 3.59. The van der Waals surface area contributed by atoms with Crippen molar-refractivity contribution in [2.24, 2.45) is 0 Å². The number of aromatic nitrogens is 2. The molecule has 26 heavy (non-hydrogen) atoms. The number of rotatable bonds is 4. The lowest BCUT2D eigenvalue weighted by Gasteiger charge is -2.34. The molecule has 1 saturated heterocycles. The lowest BCUT2D eigenvalue weighted by atomic mass is 10.2. The average molecular weight is 389 g/mol. The normalized spacial score (nSPS) is 15.4. The Balaban J connectivity index is 1.36. The van der Waals surface area contributed by atoms with Crippen molar-refractivity contribution in [3.63, 3.8) is 0 Å². The summed E-state index contributed by atoms with van der Waals surface area (Å²) in [6.07, 6.45) is 1.84. The molecule has 1 aliphatic heterocycles. The Hall–Kier alpha value is -2.02. The molecule has 1 aromatic carbocycles. The van der Waals surface area contributed by atoms with Crippen molar-refractivity contribution in [1.29, 1.82) is 0 Å². The number of piperazine rings is 1. The number of thiazole rings is 1. The van der Waals surface area contributed by atoms with E-state index < -0.39 is 0 Å². The van der Waals surface area contributed by atoms with E-state index in [1.165, 1.54) is 17.7 Å². The molecule has 4 rings (SSSR count). The molecule has 0 saturated carbocycles. The van der Waals surface area contributed by atoms with E-state index in [2.05, 4.69) is 14.8 Å². The van der Waals surface area contributed by atoms with Crippen LogP contribution >= 0.6 is 22.9 Å². The molecule has 0 spiro atoms. The summed E-state index contributed by atoms with van der Waals surface area (Å²) in [6, 6.07) is 10.3. The van der Waals surface area contributed by atoms with Crippen LogP contribution in [0.3, 0.4) is 0 Å². The SMILES string of the molecule is Fc1ccc(-c2csc(N3CCN(Cc4ccc(Cl)nc4)CC3)n2)cc1. The van der Waals surface area contributed by atoms with Gasteiger partial charge in [0.1, 0.15) is 11.0 Å². The summed E-state index contributed by atoms with van der Waals surface area (Å²) in [5.41, 5.74) is 3.03. The zero-order valence-electron chi connectivity index (χ0n) is 14.1. The minimum Gasteiger partial charge on any atom is -0.346 e. The molecule has 3 heterocycles. The van der Waals surface area contributed by atoms with Crippen molar-refractivity contribution < 1.29 is 4.39 Å². The zero-order valence-corrected chi connectivity index (χ0v) is 15.7. The van der Waals surface area contributed by atoms with Gasteiger partial charge in [-0.3, -0.25) is 4.90 Å². The fourth-order valence-corrected chi connectivity index (χ4v) is 4.02. The maximum atomic E-state index is 13.1. The van der Waals surface area contributed by atoms with Gasteiger partial charge in [0, 0.05) is 49.9 Å². The number of hydrogen-bond acceptors (Lipinski definition) is 5. The minimum atomic E-state index is -0.226. The molecule has 0 atom stereocenters. The number of halogens is 2. The summed E-state index contributed by atoms with van der Waals surface area (Å²) < 4.78 is 13.1. The second-order valence-corrected chi connectivity index (χ2v) is 7.50. The Bertz CT molecular complexity index is 858. The highest BCUT2D eigenvalue weighted by Gasteiger charge is 2.20. The van der Waals surface area contributed by atoms with Crippen molar-refractivity contribution in [1.82, 2.24) is 14.9 Å². The van der Waals surface area contributed by atoms with Crippen LogP contribution in [0.5, 0.6) is 0 Å². The molecule has 4 nitrogen and oxygen atoms in total. The van der Waals surface area contributed by atoms with E-state index >= 15 is 0 Å². The third-order valence-corrected chi connectivity index (χ3v) is 5.59. The van der Waals surface area contributed by atoms with Crippen LogP contribution in [0.25, 0.3) is 11.3 Å². The molecule has 0 radical (unpaired) electrons. The molecular weight excluding hydrogens is 371 g/mol. The standard InChI is InChI=1S/C19H18ClFN4S/c20-18-6-1-14(11-22-18)12-24-7-9-25(10-8-24)19-23-17(13-26-19)15-2-4-16(21)5-3-15/h1-6,11,13H,7-10,12H2. The first kappa shape index (κ1) is 17.4. The van der Waals surface area contributed by atoms with Crippen LogP contribution in [0.4, 0.5) is 9.52 Å². The van der Waals surface area contributed by atoms with Crippen LogP contribution in [0.2, 0.25) is 5.15 Å². The van der Waals surface area contributed by atoms with Crippen molar-refractivity contribution in [3.05, 3.63) is 64.5 Å². The van der Waals surface area contributed by atoms with Gasteiger partial charge in [-0.1, -0.05) is 17.7 Å². The molecule has 0 amide bonds. The van der Waals surface area contributed by atoms with Gasteiger partial charge in [-0.05, 0) is 35.9 Å². The summed E-state index contributed by atoms with van der Waals surface area (Å²) in [4.78, 5) is 13.6. The smallest absolute Gasteiger partial charge is 0.185 e. The van der Waals surface area contributed by atoms with Gasteiger partial charge in [0.05, 0.1) is 5.69 Å². The summed E-state index contributed by atoms with van der Waals surface area (Å²) in [7, 11) is 0. The first-order valence-electron chi connectivity index (χ1n) is 8.46. The van der Waals surface area contributed by atoms with E-state index in [0.717, 1.165) is 49.1 Å². The molecule has 2 aromatic heterocycles. The van der Waals surface area contributed by atoms with Crippen LogP contribution in [-0.4, -0.2) is 41.0 Å². The van der Waals surface area contributed by atoms with Gasteiger partial charge in [0.15, 0.2) is 5.13 Å². The Kier molecular flexibility index (Phi) is 5.15. The van der Waals surface area contributed by atoms with Crippen molar-refractivity contribution in [3.8, 4) is 11.3 Å². The van der Waals surface area contributed by atoms with E-state index in [4.69, 9.17) is 16.6 Å². The fraction of sp³-hybridized carbons (Fsp3) is 0.263. The third-order valence-electron chi connectivity index (χ3n) is 4.47. The second-order valence-electron chi connectivity index (χ2n) is 6.27. The van der Waals surface area contributed by atoms with Gasteiger partial charge in [-0.25, -0.2) is 14.4 Å². The van der Waals surface area contributed by atoms with Gasteiger partial charge in [-0.2, -0.15) is 0 Å². The minimum absolute atomic E-state index is 0.226. The van der Waals surface area contributed by atoms with E-state index in [9.17, 15) is 4.39 Å². The Morgan fingerprint density at radius 1 is 1.04 bits per heavy atom. The summed E-state index contributed by atoms with van der Waals surface area (Å²) >= 11 is 7.48. The highest BCUT2D eigenvalue weighted by molar-refractivity contribution is 7.14. The van der Waals surface area contributed by atoms with Crippen LogP contribution in [0, 0.1) is 5.82 Å². The highest BCUT2D eigenvalue weighted by Crippen LogP contribution is 2.28. The fourth-order valence-electron chi connectivity index (χ4n) is 3.02. The average Bonchev–Trinajstić information content (AvgIpc) is 3.15. The van der Waals surface area contributed by atoms with E-state index in [1.807, 2.05) is 23.7 Å². The van der Waals surface area contributed by atoms with Crippen LogP contribution < -0.4 is 4.90 Å². The predicted octanol–water partition coefficient (Wildman–Crippen LogP) is 4.32. The predicted molar refractivity (Wildman–Crippen MR) is 104 cm³/mol. The van der Waals surface area contributed by atoms with Crippen molar-refractivity contribution in [2.75, 3.05) is 31.1 Å². The van der Waals surface area contributed by atoms with E-state index in [0.29, 0.717) is 5.15 Å². The molecular formula is C19H18ClFN4S. The lowest BCUT2D eigenvalue weighted by Crippen LogP contribution is -2.45. The molecule has 0 N–H and O–H groups in total. The first-order valence-corrected chi connectivity index (χ1v) is 9.72. The number of hydrogen-bond donors (Lipinski definition) is 0. The highest BCUT2D eigenvalue weighted by atomic mass is 35.5. The Labute approximate surface area is 160 Å². The lowest BCUT2D eigenvalue weighted by molar-refractivity contribution is 0.249. The van der Waals surface area contributed by atoms with E-state index in [-0.39, 0.29) is 5.82 Å². The van der Waals surface area contributed by atoms with Crippen molar-refractivity contribution >= 4 is 28.1 Å². The topological polar surface area (TPSA) is 32.3 Å². The van der Waals surface area contributed by atoms with Crippen molar-refractivity contribution in [2.45, 2.75) is 6.54 Å². The number of pyridine rings is 1. The van der Waals surface area contributed by atoms with Crippen LogP contribution in [0.15, 0.2) is 48.0 Å². The van der Waals surface area contributed by atoms with Gasteiger partial charge >= 0.3 is 0 Å². The van der Waals surface area contributed by atoms with E-state index in [1.54, 1.807) is 23.5 Å². The molecule has 1 aliphatic rings. The van der Waals surface area contributed by atoms with Gasteiger partial charge in [0.2, 0.25) is 0 Å². The zero-order chi connectivity index (χ0) is 17.9. The van der Waals surface area contributed by atoms with Crippen LogP contribution in [-0.2, 0) is 6.54 Å². The number of nitrogens with zero attached hydrogens (tertiary/aromatic N) is 4. The quantitative estimate of drug-likeness (QED) is 0.623.